The van der Waals surface area contributed by atoms with Gasteiger partial charge in [0.1, 0.15) is 6.04 Å². The highest BCUT2D eigenvalue weighted by Gasteiger charge is 2.13. The molecule has 0 aliphatic heterocycles. The molecular formula is C8H13N3O2. The van der Waals surface area contributed by atoms with Gasteiger partial charge < -0.3 is 15.4 Å². The quantitative estimate of drug-likeness (QED) is 0.680. The minimum absolute atomic E-state index is 0.280. The first kappa shape index (κ1) is 9.73. The molecule has 0 amide bonds. The zero-order valence-corrected chi connectivity index (χ0v) is 7.47. The van der Waals surface area contributed by atoms with Crippen molar-refractivity contribution in [3.63, 3.8) is 0 Å². The van der Waals surface area contributed by atoms with E-state index in [0.717, 1.165) is 12.2 Å². The molecule has 0 fully saturated rings. The SMILES string of the molecule is CCn1cnc(C[C@@H](N)C(=O)O)c1. The van der Waals surface area contributed by atoms with Gasteiger partial charge in [-0.05, 0) is 6.92 Å². The molecule has 0 aromatic carbocycles. The third kappa shape index (κ3) is 2.55. The fourth-order valence-corrected chi connectivity index (χ4v) is 0.997. The average molecular weight is 183 g/mol. The molecule has 72 valence electrons. The summed E-state index contributed by atoms with van der Waals surface area (Å²) in [4.78, 5) is 14.4. The van der Waals surface area contributed by atoms with Crippen LogP contribution in [0.5, 0.6) is 0 Å². The number of aryl methyl sites for hydroxylation is 1. The van der Waals surface area contributed by atoms with Crippen LogP contribution in [0.2, 0.25) is 0 Å². The molecule has 0 radical (unpaired) electrons. The number of aromatic nitrogens is 2. The summed E-state index contributed by atoms with van der Waals surface area (Å²) < 4.78 is 1.88. The van der Waals surface area contributed by atoms with Gasteiger partial charge in [-0.15, -0.1) is 0 Å². The Hall–Kier alpha value is -1.36. The van der Waals surface area contributed by atoms with Crippen molar-refractivity contribution < 1.29 is 9.90 Å². The first-order valence-corrected chi connectivity index (χ1v) is 4.12. The van der Waals surface area contributed by atoms with E-state index in [1.165, 1.54) is 0 Å². The van der Waals surface area contributed by atoms with Crippen LogP contribution in [0.25, 0.3) is 0 Å². The molecule has 5 heteroatoms. The van der Waals surface area contributed by atoms with Gasteiger partial charge in [-0.1, -0.05) is 0 Å². The van der Waals surface area contributed by atoms with Crippen molar-refractivity contribution in [3.8, 4) is 0 Å². The van der Waals surface area contributed by atoms with E-state index >= 15 is 0 Å². The number of rotatable bonds is 4. The van der Waals surface area contributed by atoms with E-state index in [1.807, 2.05) is 17.7 Å². The Labute approximate surface area is 76.2 Å². The first-order chi connectivity index (χ1) is 6.13. The molecule has 0 saturated heterocycles. The number of carbonyl (C=O) groups is 1. The van der Waals surface area contributed by atoms with E-state index in [1.54, 1.807) is 6.33 Å². The Morgan fingerprint density at radius 2 is 2.54 bits per heavy atom. The number of imidazole rings is 1. The van der Waals surface area contributed by atoms with Crippen LogP contribution in [-0.2, 0) is 17.8 Å². The van der Waals surface area contributed by atoms with Crippen LogP contribution in [0.15, 0.2) is 12.5 Å². The number of carboxylic acid groups (broad SMARTS) is 1. The average Bonchev–Trinajstić information content (AvgIpc) is 2.52. The van der Waals surface area contributed by atoms with Crippen LogP contribution in [0.3, 0.4) is 0 Å². The summed E-state index contributed by atoms with van der Waals surface area (Å²) in [6.07, 6.45) is 3.76. The number of hydrogen-bond acceptors (Lipinski definition) is 3. The highest BCUT2D eigenvalue weighted by atomic mass is 16.4. The third-order valence-electron chi connectivity index (χ3n) is 1.80. The lowest BCUT2D eigenvalue weighted by Gasteiger charge is -2.02. The Morgan fingerprint density at radius 1 is 1.85 bits per heavy atom. The second kappa shape index (κ2) is 4.04. The van der Waals surface area contributed by atoms with Crippen LogP contribution in [-0.4, -0.2) is 26.7 Å². The van der Waals surface area contributed by atoms with Gasteiger partial charge in [0.15, 0.2) is 0 Å². The molecule has 0 aliphatic rings. The predicted molar refractivity (Wildman–Crippen MR) is 47.2 cm³/mol. The van der Waals surface area contributed by atoms with Crippen LogP contribution >= 0.6 is 0 Å². The van der Waals surface area contributed by atoms with Gasteiger partial charge in [0.2, 0.25) is 0 Å². The van der Waals surface area contributed by atoms with Crippen LogP contribution in [0.4, 0.5) is 0 Å². The zero-order chi connectivity index (χ0) is 9.84. The van der Waals surface area contributed by atoms with Gasteiger partial charge in [0, 0.05) is 19.2 Å². The molecule has 1 aromatic heterocycles. The molecule has 13 heavy (non-hydrogen) atoms. The first-order valence-electron chi connectivity index (χ1n) is 4.12. The summed E-state index contributed by atoms with van der Waals surface area (Å²) in [7, 11) is 0. The molecule has 0 bridgehead atoms. The van der Waals surface area contributed by atoms with Crippen LogP contribution in [0, 0.1) is 0 Å². The number of nitrogens with zero attached hydrogens (tertiary/aromatic N) is 2. The van der Waals surface area contributed by atoms with Gasteiger partial charge in [-0.2, -0.15) is 0 Å². The maximum Gasteiger partial charge on any atom is 0.320 e. The lowest BCUT2D eigenvalue weighted by Crippen LogP contribution is -2.32. The van der Waals surface area contributed by atoms with Gasteiger partial charge in [-0.25, -0.2) is 4.98 Å². The molecule has 1 rings (SSSR count). The summed E-state index contributed by atoms with van der Waals surface area (Å²) in [5, 5.41) is 8.55. The largest absolute Gasteiger partial charge is 0.480 e. The van der Waals surface area contributed by atoms with Crippen molar-refractivity contribution in [2.45, 2.75) is 25.9 Å². The van der Waals surface area contributed by atoms with Gasteiger partial charge >= 0.3 is 5.97 Å². The third-order valence-corrected chi connectivity index (χ3v) is 1.80. The molecule has 1 heterocycles. The highest BCUT2D eigenvalue weighted by Crippen LogP contribution is 1.99. The number of nitrogens with two attached hydrogens (primary N) is 1. The molecule has 0 saturated carbocycles. The lowest BCUT2D eigenvalue weighted by atomic mass is 10.2. The highest BCUT2D eigenvalue weighted by molar-refractivity contribution is 5.73. The number of hydrogen-bond donors (Lipinski definition) is 2. The van der Waals surface area contributed by atoms with E-state index in [0.29, 0.717) is 0 Å². The molecular weight excluding hydrogens is 170 g/mol. The van der Waals surface area contributed by atoms with Crippen molar-refractivity contribution in [3.05, 3.63) is 18.2 Å². The van der Waals surface area contributed by atoms with Crippen molar-refractivity contribution in [2.75, 3.05) is 0 Å². The maximum absolute atomic E-state index is 10.4. The molecule has 0 aliphatic carbocycles. The monoisotopic (exact) mass is 183 g/mol. The Balaban J connectivity index is 2.58. The Bertz CT molecular complexity index is 295. The second-order valence-electron chi connectivity index (χ2n) is 2.84. The normalized spacial score (nSPS) is 12.8. The van der Waals surface area contributed by atoms with E-state index in [2.05, 4.69) is 4.98 Å². The summed E-state index contributed by atoms with van der Waals surface area (Å²) in [6.45, 7) is 2.82. The van der Waals surface area contributed by atoms with E-state index < -0.39 is 12.0 Å². The maximum atomic E-state index is 10.4. The molecule has 1 atom stereocenters. The second-order valence-corrected chi connectivity index (χ2v) is 2.84. The molecule has 5 nitrogen and oxygen atoms in total. The smallest absolute Gasteiger partial charge is 0.320 e. The minimum atomic E-state index is -0.994. The molecule has 0 spiro atoms. The van der Waals surface area contributed by atoms with Gasteiger partial charge in [0.25, 0.3) is 0 Å². The standard InChI is InChI=1S/C8H13N3O2/c1-2-11-4-6(10-5-11)3-7(9)8(12)13/h4-5,7H,2-3,9H2,1H3,(H,12,13)/t7-/m1/s1. The zero-order valence-electron chi connectivity index (χ0n) is 7.47. The van der Waals surface area contributed by atoms with E-state index in [-0.39, 0.29) is 6.42 Å². The van der Waals surface area contributed by atoms with E-state index in [4.69, 9.17) is 10.8 Å². The van der Waals surface area contributed by atoms with Gasteiger partial charge in [-0.3, -0.25) is 4.79 Å². The molecule has 1 aromatic rings. The van der Waals surface area contributed by atoms with Gasteiger partial charge in [0.05, 0.1) is 12.0 Å². The summed E-state index contributed by atoms with van der Waals surface area (Å²) >= 11 is 0. The molecule has 0 unspecified atom stereocenters. The number of carboxylic acids is 1. The topological polar surface area (TPSA) is 81.1 Å². The van der Waals surface area contributed by atoms with Crippen molar-refractivity contribution >= 4 is 5.97 Å². The minimum Gasteiger partial charge on any atom is -0.480 e. The summed E-state index contributed by atoms with van der Waals surface area (Å²) in [6, 6.07) is -0.861. The Kier molecular flexibility index (Phi) is 3.02. The van der Waals surface area contributed by atoms with Crippen molar-refractivity contribution in [1.29, 1.82) is 0 Å². The van der Waals surface area contributed by atoms with E-state index in [9.17, 15) is 4.79 Å². The number of aliphatic carboxylic acids is 1. The van der Waals surface area contributed by atoms with Crippen LogP contribution < -0.4 is 5.73 Å². The molecule has 3 N–H and O–H groups in total. The fourth-order valence-electron chi connectivity index (χ4n) is 0.997. The Morgan fingerprint density at radius 3 is 3.00 bits per heavy atom. The van der Waals surface area contributed by atoms with Crippen LogP contribution in [0.1, 0.15) is 12.6 Å². The lowest BCUT2D eigenvalue weighted by molar-refractivity contribution is -0.138. The summed E-state index contributed by atoms with van der Waals surface area (Å²) in [5.74, 6) is -0.994. The summed E-state index contributed by atoms with van der Waals surface area (Å²) in [5.41, 5.74) is 6.07. The fraction of sp³-hybridized carbons (Fsp3) is 0.500. The van der Waals surface area contributed by atoms with Crippen molar-refractivity contribution in [1.82, 2.24) is 9.55 Å². The predicted octanol–water partition coefficient (Wildman–Crippen LogP) is -0.143. The van der Waals surface area contributed by atoms with Crippen molar-refractivity contribution in [2.24, 2.45) is 5.73 Å².